The first kappa shape index (κ1) is 13.8. The van der Waals surface area contributed by atoms with Gasteiger partial charge in [0.1, 0.15) is 0 Å². The van der Waals surface area contributed by atoms with E-state index in [0.717, 1.165) is 24.5 Å². The van der Waals surface area contributed by atoms with Gasteiger partial charge in [0, 0.05) is 31.2 Å². The van der Waals surface area contributed by atoms with Crippen molar-refractivity contribution in [1.29, 1.82) is 0 Å². The average Bonchev–Trinajstić information content (AvgIpc) is 3.41. The molecule has 114 valence electrons. The monoisotopic (exact) mass is 284 g/mol. The molecular formula is C19H28N2. The fraction of sp³-hybridized carbons (Fsp3) is 0.684. The van der Waals surface area contributed by atoms with Crippen molar-refractivity contribution in [2.24, 2.45) is 5.92 Å². The Labute approximate surface area is 128 Å². The Kier molecular flexibility index (Phi) is 4.00. The van der Waals surface area contributed by atoms with Crippen LogP contribution in [-0.2, 0) is 0 Å². The van der Waals surface area contributed by atoms with E-state index in [1.165, 1.54) is 57.1 Å². The lowest BCUT2D eigenvalue weighted by Crippen LogP contribution is -2.55. The smallest absolute Gasteiger partial charge is 0.0476 e. The summed E-state index contributed by atoms with van der Waals surface area (Å²) in [5, 5.41) is 3.91. The molecule has 1 aromatic carbocycles. The highest BCUT2D eigenvalue weighted by Gasteiger charge is 2.40. The van der Waals surface area contributed by atoms with Gasteiger partial charge in [0.25, 0.3) is 0 Å². The van der Waals surface area contributed by atoms with Crippen LogP contribution in [-0.4, -0.2) is 30.1 Å². The molecule has 1 N–H and O–H groups in total. The van der Waals surface area contributed by atoms with Crippen molar-refractivity contribution in [3.8, 4) is 0 Å². The molecule has 0 spiro atoms. The van der Waals surface area contributed by atoms with E-state index in [4.69, 9.17) is 0 Å². The summed E-state index contributed by atoms with van der Waals surface area (Å²) in [5.74, 6) is 0.928. The first-order valence-electron chi connectivity index (χ1n) is 8.96. The Morgan fingerprint density at radius 3 is 2.38 bits per heavy atom. The lowest BCUT2D eigenvalue weighted by Gasteiger charge is -2.44. The number of benzene rings is 1. The summed E-state index contributed by atoms with van der Waals surface area (Å²) in [6.07, 6.45) is 10.1. The largest absolute Gasteiger partial charge is 0.311 e. The zero-order valence-corrected chi connectivity index (χ0v) is 13.0. The van der Waals surface area contributed by atoms with Crippen LogP contribution >= 0.6 is 0 Å². The third kappa shape index (κ3) is 3.02. The van der Waals surface area contributed by atoms with E-state index in [0.29, 0.717) is 6.04 Å². The van der Waals surface area contributed by atoms with Crippen molar-refractivity contribution >= 4 is 0 Å². The first-order valence-corrected chi connectivity index (χ1v) is 8.96. The molecule has 2 nitrogen and oxygen atoms in total. The molecule has 2 atom stereocenters. The predicted molar refractivity (Wildman–Crippen MR) is 87.3 cm³/mol. The molecule has 2 saturated carbocycles. The Hall–Kier alpha value is -0.860. The van der Waals surface area contributed by atoms with Crippen LogP contribution in [0.4, 0.5) is 0 Å². The molecule has 0 radical (unpaired) electrons. The molecule has 2 heteroatoms. The molecule has 21 heavy (non-hydrogen) atoms. The van der Waals surface area contributed by atoms with E-state index in [2.05, 4.69) is 40.5 Å². The second-order valence-corrected chi connectivity index (χ2v) is 7.27. The number of nitrogens with zero attached hydrogens (tertiary/aromatic N) is 1. The SMILES string of the molecule is c1ccc(C2CNC(C3CCCCC3)CN2C2CC2)cc1. The van der Waals surface area contributed by atoms with Crippen LogP contribution in [0.3, 0.4) is 0 Å². The molecule has 3 aliphatic rings. The molecule has 1 heterocycles. The minimum Gasteiger partial charge on any atom is -0.311 e. The molecule has 1 aliphatic heterocycles. The van der Waals surface area contributed by atoms with Crippen molar-refractivity contribution in [2.75, 3.05) is 13.1 Å². The van der Waals surface area contributed by atoms with E-state index in [9.17, 15) is 0 Å². The maximum Gasteiger partial charge on any atom is 0.0476 e. The Bertz CT molecular complexity index is 448. The number of rotatable bonds is 3. The van der Waals surface area contributed by atoms with Gasteiger partial charge in [0.2, 0.25) is 0 Å². The van der Waals surface area contributed by atoms with E-state index in [-0.39, 0.29) is 0 Å². The quantitative estimate of drug-likeness (QED) is 0.909. The zero-order chi connectivity index (χ0) is 14.1. The van der Waals surface area contributed by atoms with Crippen LogP contribution in [0.5, 0.6) is 0 Å². The predicted octanol–water partition coefficient (Wildman–Crippen LogP) is 3.74. The summed E-state index contributed by atoms with van der Waals surface area (Å²) < 4.78 is 0. The summed E-state index contributed by atoms with van der Waals surface area (Å²) in [5.41, 5.74) is 1.50. The normalized spacial score (nSPS) is 32.2. The molecule has 0 bridgehead atoms. The van der Waals surface area contributed by atoms with Gasteiger partial charge in [-0.25, -0.2) is 0 Å². The van der Waals surface area contributed by atoms with E-state index >= 15 is 0 Å². The third-order valence-corrected chi connectivity index (χ3v) is 5.80. The fourth-order valence-electron chi connectivity index (χ4n) is 4.45. The molecule has 3 fully saturated rings. The van der Waals surface area contributed by atoms with Crippen LogP contribution in [0.2, 0.25) is 0 Å². The highest BCUT2D eigenvalue weighted by molar-refractivity contribution is 5.21. The second-order valence-electron chi connectivity index (χ2n) is 7.27. The lowest BCUT2D eigenvalue weighted by molar-refractivity contribution is 0.0888. The van der Waals surface area contributed by atoms with Gasteiger partial charge in [-0.1, -0.05) is 49.6 Å². The van der Waals surface area contributed by atoms with Gasteiger partial charge in [0.05, 0.1) is 0 Å². The van der Waals surface area contributed by atoms with Crippen LogP contribution < -0.4 is 5.32 Å². The molecule has 1 saturated heterocycles. The van der Waals surface area contributed by atoms with Gasteiger partial charge in [0.15, 0.2) is 0 Å². The molecule has 4 rings (SSSR count). The number of hydrogen-bond acceptors (Lipinski definition) is 2. The van der Waals surface area contributed by atoms with Crippen molar-refractivity contribution in [1.82, 2.24) is 10.2 Å². The maximum atomic E-state index is 3.91. The summed E-state index contributed by atoms with van der Waals surface area (Å²) in [6, 6.07) is 13.3. The molecule has 0 aromatic heterocycles. The number of piperazine rings is 1. The average molecular weight is 284 g/mol. The van der Waals surface area contributed by atoms with Crippen LogP contribution in [0.25, 0.3) is 0 Å². The van der Waals surface area contributed by atoms with Crippen LogP contribution in [0, 0.1) is 5.92 Å². The standard InChI is InChI=1S/C19H28N2/c1-3-7-15(8-4-1)18-14-21(17-11-12-17)19(13-20-18)16-9-5-2-6-10-16/h2,5-6,9-10,15,17-20H,1,3-4,7-8,11-14H2. The van der Waals surface area contributed by atoms with Gasteiger partial charge in [-0.15, -0.1) is 0 Å². The van der Waals surface area contributed by atoms with E-state index in [1.807, 2.05) is 0 Å². The van der Waals surface area contributed by atoms with Crippen molar-refractivity contribution < 1.29 is 0 Å². The Morgan fingerprint density at radius 1 is 0.905 bits per heavy atom. The van der Waals surface area contributed by atoms with Gasteiger partial charge < -0.3 is 5.32 Å². The van der Waals surface area contributed by atoms with E-state index < -0.39 is 0 Å². The van der Waals surface area contributed by atoms with Gasteiger partial charge >= 0.3 is 0 Å². The Morgan fingerprint density at radius 2 is 1.67 bits per heavy atom. The molecular weight excluding hydrogens is 256 g/mol. The third-order valence-electron chi connectivity index (χ3n) is 5.80. The molecule has 1 aromatic rings. The van der Waals surface area contributed by atoms with Crippen molar-refractivity contribution in [3.63, 3.8) is 0 Å². The minimum absolute atomic E-state index is 0.596. The van der Waals surface area contributed by atoms with Crippen molar-refractivity contribution in [3.05, 3.63) is 35.9 Å². The number of nitrogens with one attached hydrogen (secondary N) is 1. The maximum absolute atomic E-state index is 3.91. The highest BCUT2D eigenvalue weighted by Crippen LogP contribution is 2.38. The van der Waals surface area contributed by atoms with Crippen LogP contribution in [0.15, 0.2) is 30.3 Å². The highest BCUT2D eigenvalue weighted by atomic mass is 15.3. The van der Waals surface area contributed by atoms with Gasteiger partial charge in [-0.3, -0.25) is 4.90 Å². The fourth-order valence-corrected chi connectivity index (χ4v) is 4.45. The summed E-state index contributed by atoms with van der Waals surface area (Å²) in [6.45, 7) is 2.41. The lowest BCUT2D eigenvalue weighted by atomic mass is 9.82. The van der Waals surface area contributed by atoms with Crippen molar-refractivity contribution in [2.45, 2.75) is 63.1 Å². The van der Waals surface area contributed by atoms with E-state index in [1.54, 1.807) is 0 Å². The summed E-state index contributed by atoms with van der Waals surface area (Å²) in [7, 11) is 0. The van der Waals surface area contributed by atoms with Gasteiger partial charge in [-0.05, 0) is 37.2 Å². The summed E-state index contributed by atoms with van der Waals surface area (Å²) >= 11 is 0. The molecule has 2 unspecified atom stereocenters. The molecule has 0 amide bonds. The first-order chi connectivity index (χ1) is 10.4. The zero-order valence-electron chi connectivity index (χ0n) is 13.0. The van der Waals surface area contributed by atoms with Crippen LogP contribution in [0.1, 0.15) is 56.6 Å². The number of hydrogen-bond donors (Lipinski definition) is 1. The topological polar surface area (TPSA) is 15.3 Å². The minimum atomic E-state index is 0.596. The summed E-state index contributed by atoms with van der Waals surface area (Å²) in [4.78, 5) is 2.82. The van der Waals surface area contributed by atoms with Gasteiger partial charge in [-0.2, -0.15) is 0 Å². The Balaban J connectivity index is 1.48. The molecule has 2 aliphatic carbocycles. The second kappa shape index (κ2) is 6.10.